The number of hydrogen-bond acceptors (Lipinski definition) is 2. The molecular weight excluding hydrogens is 1180 g/mol. The van der Waals surface area contributed by atoms with E-state index in [2.05, 4.69) is 405 Å². The molecule has 0 amide bonds. The van der Waals surface area contributed by atoms with Crippen LogP contribution in [0.3, 0.4) is 0 Å². The van der Waals surface area contributed by atoms with Gasteiger partial charge in [-0.25, -0.2) is 0 Å². The molecule has 0 N–H and O–H groups in total. The van der Waals surface area contributed by atoms with E-state index in [1.807, 2.05) is 35.7 Å². The van der Waals surface area contributed by atoms with Crippen molar-refractivity contribution in [3.63, 3.8) is 0 Å². The molecule has 10 aromatic rings. The third-order valence-electron chi connectivity index (χ3n) is 15.7. The van der Waals surface area contributed by atoms with Gasteiger partial charge in [-0.1, -0.05) is 383 Å². The van der Waals surface area contributed by atoms with Gasteiger partial charge in [-0.3, -0.25) is 0 Å². The summed E-state index contributed by atoms with van der Waals surface area (Å²) in [5, 5.41) is 5.64. The molecule has 2 aromatic heterocycles. The van der Waals surface area contributed by atoms with Crippen LogP contribution in [0, 0.1) is 27.7 Å². The number of aryl methyl sites for hydroxylation is 4. The van der Waals surface area contributed by atoms with Gasteiger partial charge >= 0.3 is 0 Å². The van der Waals surface area contributed by atoms with Crippen molar-refractivity contribution in [2.75, 3.05) is 0 Å². The molecule has 0 aliphatic heterocycles. The second-order valence-corrected chi connectivity index (χ2v) is 35.6. The summed E-state index contributed by atoms with van der Waals surface area (Å²) in [6.07, 6.45) is 0. The number of benzene rings is 8. The number of rotatable bonds is 1. The van der Waals surface area contributed by atoms with E-state index in [4.69, 9.17) is 11.6 Å². The fourth-order valence-corrected chi connectivity index (χ4v) is 11.0. The van der Waals surface area contributed by atoms with Gasteiger partial charge in [0.15, 0.2) is 0 Å². The van der Waals surface area contributed by atoms with Crippen LogP contribution < -0.4 is 0 Å². The largest absolute Gasteiger partial charge is 0.148 e. The van der Waals surface area contributed by atoms with Crippen molar-refractivity contribution in [2.24, 2.45) is 0 Å². The fraction of sp³-hybridized carbons (Fsp3) is 0.400. The van der Waals surface area contributed by atoms with E-state index in [0.29, 0.717) is 16.2 Å². The van der Waals surface area contributed by atoms with Crippen LogP contribution >= 0.6 is 34.3 Å². The average Bonchev–Trinajstić information content (AvgIpc) is 1.68. The van der Waals surface area contributed by atoms with Gasteiger partial charge < -0.3 is 0 Å². The summed E-state index contributed by atoms with van der Waals surface area (Å²) in [4.78, 5) is 4.34. The number of halogens is 1. The molecule has 0 radical (unpaired) electrons. The summed E-state index contributed by atoms with van der Waals surface area (Å²) in [7, 11) is 0. The van der Waals surface area contributed by atoms with Gasteiger partial charge in [0.2, 0.25) is 0 Å². The van der Waals surface area contributed by atoms with Crippen LogP contribution in [0.15, 0.2) is 224 Å². The summed E-state index contributed by atoms with van der Waals surface area (Å²) in [5.41, 5.74) is 16.9. The molecular formula is C90H121ClS2. The summed E-state index contributed by atoms with van der Waals surface area (Å²) in [6.45, 7) is 62.0. The van der Waals surface area contributed by atoms with E-state index in [9.17, 15) is 0 Å². The molecule has 10 rings (SSSR count). The van der Waals surface area contributed by atoms with Crippen molar-refractivity contribution in [1.29, 1.82) is 0 Å². The molecule has 0 atom stereocenters. The summed E-state index contributed by atoms with van der Waals surface area (Å²) >= 11 is 9.74. The SMILES string of the molecule is CC(C)(C)c1ccc(-c2ccccc2)cc1.CC(C)(C)c1ccc2ccccc2c1.CC(C)(C)c1ccccc1.CC(C)(C)c1cccs1.Cc1ccc(C(C)(C)C)cc1.Cc1ccc(C(C)(C)C)cc1.Cc1ccc(C(C)(C)C)cc1Cl.Cc1ccc(C(C)(C)C)s1. The third kappa shape index (κ3) is 30.3. The molecule has 0 bridgehead atoms. The van der Waals surface area contributed by atoms with E-state index in [0.717, 1.165) is 10.6 Å². The molecule has 0 nitrogen and oxygen atoms in total. The highest BCUT2D eigenvalue weighted by molar-refractivity contribution is 7.12. The highest BCUT2D eigenvalue weighted by Crippen LogP contribution is 2.32. The Morgan fingerprint density at radius 3 is 0.935 bits per heavy atom. The lowest BCUT2D eigenvalue weighted by atomic mass is 9.86. The Hall–Kier alpha value is -6.29. The molecule has 0 unspecified atom stereocenters. The monoisotopic (exact) mass is 1300 g/mol. The van der Waals surface area contributed by atoms with Crippen LogP contribution in [-0.4, -0.2) is 0 Å². The molecule has 3 heteroatoms. The summed E-state index contributed by atoms with van der Waals surface area (Å²) in [5.74, 6) is 0. The van der Waals surface area contributed by atoms with Gasteiger partial charge in [-0.15, -0.1) is 22.7 Å². The lowest BCUT2D eigenvalue weighted by Crippen LogP contribution is -2.10. The molecule has 0 saturated heterocycles. The number of hydrogen-bond donors (Lipinski definition) is 0. The van der Waals surface area contributed by atoms with Crippen molar-refractivity contribution in [3.8, 4) is 11.1 Å². The maximum absolute atomic E-state index is 6.02. The van der Waals surface area contributed by atoms with Crippen LogP contribution in [0.2, 0.25) is 5.02 Å². The van der Waals surface area contributed by atoms with E-state index >= 15 is 0 Å². The van der Waals surface area contributed by atoms with Crippen molar-refractivity contribution in [2.45, 2.75) is 237 Å². The van der Waals surface area contributed by atoms with Crippen molar-refractivity contribution in [1.82, 2.24) is 0 Å². The smallest absolute Gasteiger partial charge is 0.0438 e. The lowest BCUT2D eigenvalue weighted by Gasteiger charge is -2.19. The van der Waals surface area contributed by atoms with Crippen molar-refractivity contribution < 1.29 is 0 Å². The first-order chi connectivity index (χ1) is 42.8. The quantitative estimate of drug-likeness (QED) is 0.154. The van der Waals surface area contributed by atoms with Crippen LogP contribution in [-0.2, 0) is 43.3 Å². The van der Waals surface area contributed by atoms with Crippen molar-refractivity contribution >= 4 is 45.0 Å². The number of fused-ring (bicyclic) bond motifs is 1. The molecule has 8 aromatic carbocycles. The number of thiophene rings is 2. The minimum Gasteiger partial charge on any atom is -0.148 e. The van der Waals surface area contributed by atoms with E-state index in [-0.39, 0.29) is 27.1 Å². The zero-order chi connectivity index (χ0) is 70.4. The van der Waals surface area contributed by atoms with E-state index < -0.39 is 0 Å². The maximum Gasteiger partial charge on any atom is 0.0438 e. The zero-order valence-electron chi connectivity index (χ0n) is 63.1. The summed E-state index contributed by atoms with van der Waals surface area (Å²) in [6, 6.07) is 77.6. The minimum absolute atomic E-state index is 0.192. The standard InChI is InChI=1S/C16H18.C14H16.C11H15Cl.2C11H16.C10H14.C9H14S.C8H12S/c1-16(2,3)15-11-9-14(10-12-15)13-7-5-4-6-8-13;1-14(2,3)13-9-8-11-6-4-5-7-12(11)10-13;1-8-5-6-9(7-10(8)12)11(2,3)4;2*1-9-5-7-10(8-6-9)11(2,3)4;1-10(2,3)9-7-5-4-6-8-9;1-7-5-6-8(10-7)9(2,3)4;1-8(2,3)7-5-4-6-9-7/h4-12H,1-3H3;4-10H,1-3H3;5-7H,1-4H3;2*5-8H,1-4H3;4-8H,1-3H3;5-6H,1-4H3;4-6H,1-3H3. The molecule has 0 aliphatic rings. The molecule has 0 fully saturated rings. The predicted molar refractivity (Wildman–Crippen MR) is 424 cm³/mol. The maximum atomic E-state index is 6.02. The Bertz CT molecular complexity index is 3610. The van der Waals surface area contributed by atoms with Gasteiger partial charge in [-0.05, 0) is 162 Å². The molecule has 500 valence electrons. The predicted octanol–water partition coefficient (Wildman–Crippen LogP) is 28.7. The Balaban J connectivity index is 0.000000279. The van der Waals surface area contributed by atoms with Crippen LogP contribution in [0.4, 0.5) is 0 Å². The average molecular weight is 1300 g/mol. The van der Waals surface area contributed by atoms with Gasteiger partial charge in [0.05, 0.1) is 0 Å². The first kappa shape index (κ1) is 80.9. The second kappa shape index (κ2) is 35.5. The minimum atomic E-state index is 0.192. The first-order valence-corrected chi connectivity index (χ1v) is 35.6. The Morgan fingerprint density at radius 2 is 0.602 bits per heavy atom. The van der Waals surface area contributed by atoms with E-state index in [1.54, 1.807) is 0 Å². The van der Waals surface area contributed by atoms with E-state index in [1.165, 1.54) is 81.0 Å². The fourth-order valence-electron chi connectivity index (χ4n) is 9.10. The normalized spacial score (nSPS) is 11.7. The Labute approximate surface area is 582 Å². The zero-order valence-corrected chi connectivity index (χ0v) is 65.4. The third-order valence-corrected chi connectivity index (χ3v) is 18.9. The molecule has 0 spiro atoms. The van der Waals surface area contributed by atoms with Gasteiger partial charge in [-0.2, -0.15) is 0 Å². The van der Waals surface area contributed by atoms with Gasteiger partial charge in [0.1, 0.15) is 0 Å². The molecule has 0 saturated carbocycles. The topological polar surface area (TPSA) is 0 Å². The second-order valence-electron chi connectivity index (χ2n) is 33.0. The lowest BCUT2D eigenvalue weighted by molar-refractivity contribution is 0.590. The highest BCUT2D eigenvalue weighted by atomic mass is 35.5. The van der Waals surface area contributed by atoms with Crippen LogP contribution in [0.5, 0.6) is 0 Å². The summed E-state index contributed by atoms with van der Waals surface area (Å²) < 4.78 is 0. The van der Waals surface area contributed by atoms with Crippen LogP contribution in [0.25, 0.3) is 21.9 Å². The molecule has 0 aliphatic carbocycles. The Kier molecular flexibility index (Phi) is 30.9. The van der Waals surface area contributed by atoms with Gasteiger partial charge in [0, 0.05) is 19.7 Å². The van der Waals surface area contributed by atoms with Crippen molar-refractivity contribution in [3.05, 3.63) is 293 Å². The molecule has 2 heterocycles. The van der Waals surface area contributed by atoms with Crippen LogP contribution in [0.1, 0.15) is 231 Å². The Morgan fingerprint density at radius 1 is 0.258 bits per heavy atom. The van der Waals surface area contributed by atoms with Gasteiger partial charge in [0.25, 0.3) is 0 Å². The highest BCUT2D eigenvalue weighted by Gasteiger charge is 2.19. The molecule has 93 heavy (non-hydrogen) atoms. The first-order valence-electron chi connectivity index (χ1n) is 33.5.